The molecule has 3 nitrogen and oxygen atoms in total. The van der Waals surface area contributed by atoms with Gasteiger partial charge in [-0.25, -0.2) is 4.98 Å². The lowest BCUT2D eigenvalue weighted by Gasteiger charge is -2.28. The molecule has 19 heavy (non-hydrogen) atoms. The fourth-order valence-electron chi connectivity index (χ4n) is 2.95. The molecule has 2 N–H and O–H groups in total. The average molecular weight is 261 g/mol. The maximum atomic E-state index is 5.82. The summed E-state index contributed by atoms with van der Waals surface area (Å²) in [7, 11) is 2.18. The van der Waals surface area contributed by atoms with Gasteiger partial charge in [-0.3, -0.25) is 0 Å². The third kappa shape index (κ3) is 4.20. The van der Waals surface area contributed by atoms with Crippen molar-refractivity contribution in [2.24, 2.45) is 5.73 Å². The Morgan fingerprint density at radius 3 is 2.47 bits per heavy atom. The van der Waals surface area contributed by atoms with Gasteiger partial charge in [0.2, 0.25) is 0 Å². The number of nitrogens with zero attached hydrogens (tertiary/aromatic N) is 2. The molecule has 1 heterocycles. The predicted molar refractivity (Wildman–Crippen MR) is 81.5 cm³/mol. The van der Waals surface area contributed by atoms with Gasteiger partial charge in [0.05, 0.1) is 0 Å². The van der Waals surface area contributed by atoms with Crippen LogP contribution < -0.4 is 10.6 Å². The smallest absolute Gasteiger partial charge is 0.128 e. The van der Waals surface area contributed by atoms with Crippen LogP contribution in [0, 0.1) is 0 Å². The minimum atomic E-state index is 0.201. The number of hydrogen-bond donors (Lipinski definition) is 1. The molecule has 2 rings (SSSR count). The molecule has 1 atom stereocenters. The van der Waals surface area contributed by atoms with Gasteiger partial charge >= 0.3 is 0 Å². The first kappa shape index (κ1) is 14.3. The molecule has 1 unspecified atom stereocenters. The second kappa shape index (κ2) is 6.90. The van der Waals surface area contributed by atoms with Crippen LogP contribution in [0.2, 0.25) is 0 Å². The summed E-state index contributed by atoms with van der Waals surface area (Å²) in [5.74, 6) is 1.10. The Morgan fingerprint density at radius 2 is 1.95 bits per heavy atom. The summed E-state index contributed by atoms with van der Waals surface area (Å²) in [6, 6.07) is 5.17. The number of pyridine rings is 1. The van der Waals surface area contributed by atoms with Crippen LogP contribution in [0.4, 0.5) is 5.82 Å². The Kier molecular flexibility index (Phi) is 5.20. The molecule has 0 radical (unpaired) electrons. The van der Waals surface area contributed by atoms with Crippen molar-refractivity contribution >= 4 is 5.82 Å². The third-order valence-corrected chi connectivity index (χ3v) is 4.10. The van der Waals surface area contributed by atoms with Crippen LogP contribution in [0.5, 0.6) is 0 Å². The van der Waals surface area contributed by atoms with Crippen molar-refractivity contribution in [1.29, 1.82) is 0 Å². The molecule has 3 heteroatoms. The normalized spacial score (nSPS) is 18.9. The molecule has 1 aromatic rings. The number of aromatic nitrogens is 1. The van der Waals surface area contributed by atoms with Crippen molar-refractivity contribution < 1.29 is 0 Å². The van der Waals surface area contributed by atoms with Crippen LogP contribution in [0.3, 0.4) is 0 Å². The van der Waals surface area contributed by atoms with Crippen LogP contribution >= 0.6 is 0 Å². The second-order valence-electron chi connectivity index (χ2n) is 5.96. The molecule has 1 fully saturated rings. The van der Waals surface area contributed by atoms with Gasteiger partial charge in [0, 0.05) is 25.3 Å². The van der Waals surface area contributed by atoms with Crippen molar-refractivity contribution in [3.63, 3.8) is 0 Å². The quantitative estimate of drug-likeness (QED) is 0.847. The highest BCUT2D eigenvalue weighted by atomic mass is 15.2. The second-order valence-corrected chi connectivity index (χ2v) is 5.96. The minimum Gasteiger partial charge on any atom is -0.357 e. The van der Waals surface area contributed by atoms with E-state index in [4.69, 9.17) is 5.73 Å². The maximum Gasteiger partial charge on any atom is 0.128 e. The number of anilines is 1. The number of hydrogen-bond acceptors (Lipinski definition) is 3. The van der Waals surface area contributed by atoms with E-state index < -0.39 is 0 Å². The maximum absolute atomic E-state index is 5.82. The molecule has 1 saturated carbocycles. The van der Waals surface area contributed by atoms with Gasteiger partial charge in [0.1, 0.15) is 5.82 Å². The molecular weight excluding hydrogens is 234 g/mol. The van der Waals surface area contributed by atoms with Gasteiger partial charge in [-0.2, -0.15) is 0 Å². The van der Waals surface area contributed by atoms with Gasteiger partial charge in [0.15, 0.2) is 0 Å². The minimum absolute atomic E-state index is 0.201. The Morgan fingerprint density at radius 1 is 1.26 bits per heavy atom. The molecule has 1 aliphatic rings. The summed E-state index contributed by atoms with van der Waals surface area (Å²) < 4.78 is 0. The molecule has 0 saturated heterocycles. The van der Waals surface area contributed by atoms with E-state index in [1.54, 1.807) is 0 Å². The van der Waals surface area contributed by atoms with E-state index in [1.165, 1.54) is 44.1 Å². The summed E-state index contributed by atoms with van der Waals surface area (Å²) in [5, 5.41) is 0. The summed E-state index contributed by atoms with van der Waals surface area (Å²) in [6.07, 6.45) is 11.0. The van der Waals surface area contributed by atoms with Crippen molar-refractivity contribution in [3.05, 3.63) is 23.9 Å². The van der Waals surface area contributed by atoms with E-state index in [9.17, 15) is 0 Å². The first-order valence-corrected chi connectivity index (χ1v) is 7.60. The zero-order valence-corrected chi connectivity index (χ0v) is 12.3. The van der Waals surface area contributed by atoms with Crippen molar-refractivity contribution in [3.8, 4) is 0 Å². The SMILES string of the molecule is CC(N)Cc1ccc(N(C)C2CCCCCC2)nc1. The van der Waals surface area contributed by atoms with Gasteiger partial charge in [-0.05, 0) is 37.8 Å². The molecular formula is C16H27N3. The predicted octanol–water partition coefficient (Wildman–Crippen LogP) is 3.13. The Labute approximate surface area is 117 Å². The summed E-state index contributed by atoms with van der Waals surface area (Å²) in [4.78, 5) is 6.97. The van der Waals surface area contributed by atoms with Crippen LogP contribution in [-0.2, 0) is 6.42 Å². The highest BCUT2D eigenvalue weighted by Gasteiger charge is 2.17. The molecule has 0 aromatic carbocycles. The Balaban J connectivity index is 1.99. The topological polar surface area (TPSA) is 42.1 Å². The van der Waals surface area contributed by atoms with E-state index >= 15 is 0 Å². The van der Waals surface area contributed by atoms with Crippen LogP contribution in [0.1, 0.15) is 51.0 Å². The third-order valence-electron chi connectivity index (χ3n) is 4.10. The monoisotopic (exact) mass is 261 g/mol. The van der Waals surface area contributed by atoms with Gasteiger partial charge in [0.25, 0.3) is 0 Å². The standard InChI is InChI=1S/C16H27N3/c1-13(17)11-14-9-10-16(18-12-14)19(2)15-7-5-3-4-6-8-15/h9-10,12-13,15H,3-8,11,17H2,1-2H3. The molecule has 0 aliphatic heterocycles. The highest BCUT2D eigenvalue weighted by molar-refractivity contribution is 5.39. The van der Waals surface area contributed by atoms with Gasteiger partial charge in [-0.1, -0.05) is 31.7 Å². The van der Waals surface area contributed by atoms with Crippen LogP contribution in [0.25, 0.3) is 0 Å². The van der Waals surface area contributed by atoms with E-state index in [0.717, 1.165) is 12.2 Å². The molecule has 0 bridgehead atoms. The Hall–Kier alpha value is -1.09. The van der Waals surface area contributed by atoms with E-state index in [-0.39, 0.29) is 6.04 Å². The fraction of sp³-hybridized carbons (Fsp3) is 0.688. The lowest BCUT2D eigenvalue weighted by atomic mass is 10.1. The number of rotatable bonds is 4. The molecule has 1 aromatic heterocycles. The van der Waals surface area contributed by atoms with E-state index in [1.807, 2.05) is 13.1 Å². The van der Waals surface area contributed by atoms with Crippen LogP contribution in [0.15, 0.2) is 18.3 Å². The zero-order valence-electron chi connectivity index (χ0n) is 12.3. The van der Waals surface area contributed by atoms with E-state index in [2.05, 4.69) is 29.1 Å². The largest absolute Gasteiger partial charge is 0.357 e. The summed E-state index contributed by atoms with van der Waals surface area (Å²) in [6.45, 7) is 2.03. The number of nitrogens with two attached hydrogens (primary N) is 1. The lowest BCUT2D eigenvalue weighted by molar-refractivity contribution is 0.549. The zero-order chi connectivity index (χ0) is 13.7. The highest BCUT2D eigenvalue weighted by Crippen LogP contribution is 2.24. The first-order valence-electron chi connectivity index (χ1n) is 7.60. The first-order chi connectivity index (χ1) is 9.16. The van der Waals surface area contributed by atoms with Crippen LogP contribution in [-0.4, -0.2) is 24.1 Å². The van der Waals surface area contributed by atoms with Gasteiger partial charge in [-0.15, -0.1) is 0 Å². The molecule has 106 valence electrons. The van der Waals surface area contributed by atoms with Crippen molar-refractivity contribution in [1.82, 2.24) is 4.98 Å². The Bertz CT molecular complexity index is 364. The fourth-order valence-corrected chi connectivity index (χ4v) is 2.95. The molecule has 1 aliphatic carbocycles. The average Bonchev–Trinajstić information content (AvgIpc) is 2.67. The summed E-state index contributed by atoms with van der Waals surface area (Å²) in [5.41, 5.74) is 7.05. The van der Waals surface area contributed by atoms with Crippen molar-refractivity contribution in [2.75, 3.05) is 11.9 Å². The lowest BCUT2D eigenvalue weighted by Crippen LogP contribution is -2.31. The molecule has 0 amide bonds. The van der Waals surface area contributed by atoms with E-state index in [0.29, 0.717) is 6.04 Å². The molecule has 0 spiro atoms. The van der Waals surface area contributed by atoms with Crippen molar-refractivity contribution in [2.45, 2.75) is 64.0 Å². The van der Waals surface area contributed by atoms with Gasteiger partial charge < -0.3 is 10.6 Å². The summed E-state index contributed by atoms with van der Waals surface area (Å²) >= 11 is 0.